The summed E-state index contributed by atoms with van der Waals surface area (Å²) in [6, 6.07) is 3.91. The van der Waals surface area contributed by atoms with Gasteiger partial charge in [-0.2, -0.15) is 0 Å². The molecule has 2 rings (SSSR count). The van der Waals surface area contributed by atoms with Crippen molar-refractivity contribution >= 4 is 11.6 Å². The molecule has 0 heterocycles. The SMILES string of the molecule is Nc1ccc(C(=O)NC2CCCC(O)C2)c(F)c1. The number of nitrogen functional groups attached to an aromatic ring is 1. The molecule has 1 amide bonds. The number of benzene rings is 1. The van der Waals surface area contributed by atoms with Crippen LogP contribution in [-0.2, 0) is 0 Å². The average Bonchev–Trinajstić information content (AvgIpc) is 2.28. The summed E-state index contributed by atoms with van der Waals surface area (Å²) in [5.74, 6) is -1.07. The molecule has 4 nitrogen and oxygen atoms in total. The molecule has 18 heavy (non-hydrogen) atoms. The monoisotopic (exact) mass is 252 g/mol. The first-order chi connectivity index (χ1) is 8.56. The fourth-order valence-corrected chi connectivity index (χ4v) is 2.27. The van der Waals surface area contributed by atoms with E-state index < -0.39 is 11.7 Å². The predicted molar refractivity (Wildman–Crippen MR) is 66.5 cm³/mol. The first-order valence-corrected chi connectivity index (χ1v) is 6.10. The minimum Gasteiger partial charge on any atom is -0.399 e. The van der Waals surface area contributed by atoms with E-state index in [4.69, 9.17) is 5.73 Å². The minimum atomic E-state index is -0.621. The molecule has 1 fully saturated rings. The van der Waals surface area contributed by atoms with Gasteiger partial charge in [0.25, 0.3) is 5.91 Å². The van der Waals surface area contributed by atoms with E-state index in [1.165, 1.54) is 12.1 Å². The lowest BCUT2D eigenvalue weighted by atomic mass is 9.93. The predicted octanol–water partition coefficient (Wildman–Crippen LogP) is 1.44. The van der Waals surface area contributed by atoms with Crippen molar-refractivity contribution in [1.82, 2.24) is 5.32 Å². The maximum absolute atomic E-state index is 13.5. The molecule has 0 aromatic heterocycles. The third kappa shape index (κ3) is 2.98. The molecule has 0 aliphatic heterocycles. The van der Waals surface area contributed by atoms with Crippen LogP contribution in [0.15, 0.2) is 18.2 Å². The van der Waals surface area contributed by atoms with Crippen molar-refractivity contribution in [3.63, 3.8) is 0 Å². The molecule has 1 saturated carbocycles. The maximum atomic E-state index is 13.5. The largest absolute Gasteiger partial charge is 0.399 e. The van der Waals surface area contributed by atoms with E-state index in [-0.39, 0.29) is 23.4 Å². The second-order valence-electron chi connectivity index (χ2n) is 4.73. The van der Waals surface area contributed by atoms with Crippen LogP contribution in [0.5, 0.6) is 0 Å². The van der Waals surface area contributed by atoms with Gasteiger partial charge in [0.05, 0.1) is 11.7 Å². The van der Waals surface area contributed by atoms with Gasteiger partial charge in [0.2, 0.25) is 0 Å². The van der Waals surface area contributed by atoms with Gasteiger partial charge in [0, 0.05) is 11.7 Å². The Morgan fingerprint density at radius 2 is 2.22 bits per heavy atom. The summed E-state index contributed by atoms with van der Waals surface area (Å²) >= 11 is 0. The van der Waals surface area contributed by atoms with Crippen molar-refractivity contribution in [2.45, 2.75) is 37.8 Å². The van der Waals surface area contributed by atoms with Gasteiger partial charge in [0.1, 0.15) is 5.82 Å². The molecule has 0 saturated heterocycles. The van der Waals surface area contributed by atoms with E-state index >= 15 is 0 Å². The Bertz CT molecular complexity index is 451. The number of rotatable bonds is 2. The van der Waals surface area contributed by atoms with E-state index in [1.807, 2.05) is 0 Å². The number of aliphatic hydroxyl groups is 1. The molecule has 2 atom stereocenters. The smallest absolute Gasteiger partial charge is 0.254 e. The Hall–Kier alpha value is -1.62. The number of hydrogen-bond donors (Lipinski definition) is 3. The van der Waals surface area contributed by atoms with Gasteiger partial charge in [-0.05, 0) is 43.9 Å². The summed E-state index contributed by atoms with van der Waals surface area (Å²) in [4.78, 5) is 11.9. The standard InChI is InChI=1S/C13H17FN2O2/c14-12-6-8(15)4-5-11(12)13(18)16-9-2-1-3-10(17)7-9/h4-6,9-10,17H,1-3,7,15H2,(H,16,18). The van der Waals surface area contributed by atoms with Gasteiger partial charge in [-0.25, -0.2) is 4.39 Å². The molecule has 1 aromatic rings. The quantitative estimate of drug-likeness (QED) is 0.697. The zero-order valence-electron chi connectivity index (χ0n) is 10.0. The summed E-state index contributed by atoms with van der Waals surface area (Å²) < 4.78 is 13.5. The molecule has 0 bridgehead atoms. The van der Waals surface area contributed by atoms with Crippen LogP contribution in [0.2, 0.25) is 0 Å². The van der Waals surface area contributed by atoms with Crippen LogP contribution in [0.3, 0.4) is 0 Å². The number of nitrogens with two attached hydrogens (primary N) is 1. The molecule has 2 unspecified atom stereocenters. The lowest BCUT2D eigenvalue weighted by Crippen LogP contribution is -2.40. The normalized spacial score (nSPS) is 23.7. The van der Waals surface area contributed by atoms with Crippen LogP contribution in [0, 0.1) is 5.82 Å². The van der Waals surface area contributed by atoms with Crippen LogP contribution >= 0.6 is 0 Å². The average molecular weight is 252 g/mol. The number of halogens is 1. The lowest BCUT2D eigenvalue weighted by Gasteiger charge is -2.26. The number of carbonyl (C=O) groups excluding carboxylic acids is 1. The van der Waals surface area contributed by atoms with Gasteiger partial charge in [-0.3, -0.25) is 4.79 Å². The first kappa shape index (κ1) is 12.8. The van der Waals surface area contributed by atoms with Gasteiger partial charge in [-0.1, -0.05) is 0 Å². The fraction of sp³-hybridized carbons (Fsp3) is 0.462. The second kappa shape index (κ2) is 5.35. The van der Waals surface area contributed by atoms with E-state index in [0.717, 1.165) is 25.3 Å². The highest BCUT2D eigenvalue weighted by Gasteiger charge is 2.23. The van der Waals surface area contributed by atoms with Crippen LogP contribution < -0.4 is 11.1 Å². The lowest BCUT2D eigenvalue weighted by molar-refractivity contribution is 0.0846. The fourth-order valence-electron chi connectivity index (χ4n) is 2.27. The number of anilines is 1. The molecule has 98 valence electrons. The molecule has 5 heteroatoms. The minimum absolute atomic E-state index is 0.00994. The third-order valence-electron chi connectivity index (χ3n) is 3.22. The molecular formula is C13H17FN2O2. The maximum Gasteiger partial charge on any atom is 0.254 e. The molecule has 0 spiro atoms. The molecule has 1 aliphatic carbocycles. The third-order valence-corrected chi connectivity index (χ3v) is 3.22. The summed E-state index contributed by atoms with van der Waals surface area (Å²) in [5.41, 5.74) is 5.70. The van der Waals surface area contributed by atoms with Crippen LogP contribution in [-0.4, -0.2) is 23.2 Å². The number of amides is 1. The van der Waals surface area contributed by atoms with Crippen molar-refractivity contribution in [1.29, 1.82) is 0 Å². The first-order valence-electron chi connectivity index (χ1n) is 6.10. The Morgan fingerprint density at radius 3 is 2.89 bits per heavy atom. The molecule has 0 radical (unpaired) electrons. The zero-order valence-corrected chi connectivity index (χ0v) is 10.0. The highest BCUT2D eigenvalue weighted by Crippen LogP contribution is 2.19. The topological polar surface area (TPSA) is 75.4 Å². The van der Waals surface area contributed by atoms with Gasteiger partial charge < -0.3 is 16.2 Å². The summed E-state index contributed by atoms with van der Waals surface area (Å²) in [6.07, 6.45) is 2.61. The summed E-state index contributed by atoms with van der Waals surface area (Å²) in [5, 5.41) is 12.3. The van der Waals surface area contributed by atoms with Crippen molar-refractivity contribution in [3.8, 4) is 0 Å². The van der Waals surface area contributed by atoms with Crippen molar-refractivity contribution < 1.29 is 14.3 Å². The Kier molecular flexibility index (Phi) is 3.81. The van der Waals surface area contributed by atoms with Crippen molar-refractivity contribution in [2.24, 2.45) is 0 Å². The number of aliphatic hydroxyl groups excluding tert-OH is 1. The Balaban J connectivity index is 2.03. The number of carbonyl (C=O) groups is 1. The summed E-state index contributed by atoms with van der Waals surface area (Å²) in [7, 11) is 0. The van der Waals surface area contributed by atoms with E-state index in [0.29, 0.717) is 6.42 Å². The van der Waals surface area contributed by atoms with E-state index in [2.05, 4.69) is 5.32 Å². The number of nitrogens with one attached hydrogen (secondary N) is 1. The van der Waals surface area contributed by atoms with Gasteiger partial charge in [-0.15, -0.1) is 0 Å². The zero-order chi connectivity index (χ0) is 13.1. The highest BCUT2D eigenvalue weighted by atomic mass is 19.1. The van der Waals surface area contributed by atoms with Crippen LogP contribution in [0.25, 0.3) is 0 Å². The Labute approximate surface area is 105 Å². The van der Waals surface area contributed by atoms with Crippen LogP contribution in [0.1, 0.15) is 36.0 Å². The molecular weight excluding hydrogens is 235 g/mol. The van der Waals surface area contributed by atoms with Crippen molar-refractivity contribution in [2.75, 3.05) is 5.73 Å². The van der Waals surface area contributed by atoms with E-state index in [1.54, 1.807) is 0 Å². The summed E-state index contributed by atoms with van der Waals surface area (Å²) in [6.45, 7) is 0. The highest BCUT2D eigenvalue weighted by molar-refractivity contribution is 5.95. The van der Waals surface area contributed by atoms with E-state index in [9.17, 15) is 14.3 Å². The Morgan fingerprint density at radius 1 is 1.44 bits per heavy atom. The van der Waals surface area contributed by atoms with Gasteiger partial charge >= 0.3 is 0 Å². The van der Waals surface area contributed by atoms with Gasteiger partial charge in [0.15, 0.2) is 0 Å². The number of hydrogen-bond acceptors (Lipinski definition) is 3. The molecule has 1 aromatic carbocycles. The second-order valence-corrected chi connectivity index (χ2v) is 4.73. The van der Waals surface area contributed by atoms with Crippen molar-refractivity contribution in [3.05, 3.63) is 29.6 Å². The molecule has 1 aliphatic rings. The molecule has 4 N–H and O–H groups in total. The van der Waals surface area contributed by atoms with Crippen LogP contribution in [0.4, 0.5) is 10.1 Å².